The molecule has 0 bridgehead atoms. The van der Waals surface area contributed by atoms with Crippen LogP contribution in [0.3, 0.4) is 0 Å². The molecule has 0 aliphatic carbocycles. The smallest absolute Gasteiger partial charge is 0.243 e. The van der Waals surface area contributed by atoms with Crippen LogP contribution >= 0.6 is 0 Å². The van der Waals surface area contributed by atoms with Gasteiger partial charge in [-0.05, 0) is 50.0 Å². The molecule has 2 heterocycles. The average Bonchev–Trinajstić information content (AvgIpc) is 3.21. The normalized spacial score (nSPS) is 21.1. The number of benzene rings is 1. The Labute approximate surface area is 175 Å². The monoisotopic (exact) mass is 422 g/mol. The lowest BCUT2D eigenvalue weighted by Crippen LogP contribution is -2.52. The highest BCUT2D eigenvalue weighted by Gasteiger charge is 2.34. The molecule has 1 amide bonds. The molecule has 162 valence electrons. The van der Waals surface area contributed by atoms with Crippen LogP contribution in [0.25, 0.3) is 0 Å². The van der Waals surface area contributed by atoms with Crippen LogP contribution < -0.4 is 5.32 Å². The molecule has 0 spiro atoms. The fraction of sp³-hybridized carbons (Fsp3) is 0.667. The quantitative estimate of drug-likeness (QED) is 0.681. The third-order valence-corrected chi connectivity index (χ3v) is 7.90. The van der Waals surface area contributed by atoms with Crippen molar-refractivity contribution < 1.29 is 13.2 Å². The third-order valence-electron chi connectivity index (χ3n) is 6.07. The van der Waals surface area contributed by atoms with Crippen molar-refractivity contribution in [3.8, 4) is 0 Å². The lowest BCUT2D eigenvalue weighted by Gasteiger charge is -2.32. The first-order valence-electron chi connectivity index (χ1n) is 10.8. The fourth-order valence-corrected chi connectivity index (χ4v) is 5.64. The minimum atomic E-state index is -3.74. The second-order valence-electron chi connectivity index (χ2n) is 7.85. The molecule has 0 radical (unpaired) electrons. The van der Waals surface area contributed by atoms with Crippen molar-refractivity contribution in [3.05, 3.63) is 29.8 Å². The first-order chi connectivity index (χ1) is 14.0. The minimum Gasteiger partial charge on any atom is -0.339 e. The number of piperazine rings is 1. The van der Waals surface area contributed by atoms with Gasteiger partial charge in [-0.2, -0.15) is 4.31 Å². The Hall–Kier alpha value is -1.48. The number of hydrogen-bond acceptors (Lipinski definition) is 5. The van der Waals surface area contributed by atoms with Crippen LogP contribution in [0.2, 0.25) is 0 Å². The van der Waals surface area contributed by atoms with Crippen LogP contribution in [0.15, 0.2) is 29.2 Å². The van der Waals surface area contributed by atoms with Gasteiger partial charge in [0.25, 0.3) is 0 Å². The van der Waals surface area contributed by atoms with Crippen molar-refractivity contribution in [1.29, 1.82) is 0 Å². The summed E-state index contributed by atoms with van der Waals surface area (Å²) in [6.45, 7) is 9.07. The van der Waals surface area contributed by atoms with Gasteiger partial charge in [-0.15, -0.1) is 0 Å². The zero-order valence-electron chi connectivity index (χ0n) is 17.6. The highest BCUT2D eigenvalue weighted by atomic mass is 32.2. The lowest BCUT2D eigenvalue weighted by molar-refractivity contribution is -0.132. The van der Waals surface area contributed by atoms with Gasteiger partial charge in [0.15, 0.2) is 0 Å². The molecular formula is C21H34N4O3S. The summed E-state index contributed by atoms with van der Waals surface area (Å²) in [7, 11) is -3.74. The van der Waals surface area contributed by atoms with Gasteiger partial charge < -0.3 is 10.2 Å². The number of likely N-dealkylation sites (N-methyl/N-ethyl adjacent to an activating group) is 1. The van der Waals surface area contributed by atoms with Crippen molar-refractivity contribution >= 4 is 15.9 Å². The first-order valence-corrected chi connectivity index (χ1v) is 12.2. The molecule has 1 aromatic rings. The Balaban J connectivity index is 1.82. The van der Waals surface area contributed by atoms with Gasteiger partial charge >= 0.3 is 0 Å². The zero-order valence-corrected chi connectivity index (χ0v) is 18.5. The number of nitrogens with one attached hydrogen (secondary N) is 1. The number of sulfonamides is 1. The number of hydrogen-bond donors (Lipinski definition) is 1. The third kappa shape index (κ3) is 5.36. The maximum Gasteiger partial charge on any atom is 0.243 e. The number of amides is 1. The molecule has 0 unspecified atom stereocenters. The minimum absolute atomic E-state index is 0.0914. The summed E-state index contributed by atoms with van der Waals surface area (Å²) >= 11 is 0. The SMILES string of the molecule is CCc1ccc(S(=O)(=O)N(CC(=O)N2CCNCC2)C[C@@H]2CCCN2CC)cc1. The van der Waals surface area contributed by atoms with Gasteiger partial charge in [0.1, 0.15) is 0 Å². The summed E-state index contributed by atoms with van der Waals surface area (Å²) in [5.74, 6) is -0.110. The van der Waals surface area contributed by atoms with Crippen molar-refractivity contribution in [2.75, 3.05) is 52.4 Å². The number of carbonyl (C=O) groups is 1. The van der Waals surface area contributed by atoms with Crippen molar-refractivity contribution in [1.82, 2.24) is 19.4 Å². The maximum absolute atomic E-state index is 13.5. The fourth-order valence-electron chi connectivity index (χ4n) is 4.21. The van der Waals surface area contributed by atoms with Crippen LogP contribution in [-0.2, 0) is 21.2 Å². The van der Waals surface area contributed by atoms with Crippen molar-refractivity contribution in [2.24, 2.45) is 0 Å². The van der Waals surface area contributed by atoms with E-state index in [2.05, 4.69) is 17.1 Å². The second-order valence-corrected chi connectivity index (χ2v) is 9.79. The Morgan fingerprint density at radius 2 is 1.83 bits per heavy atom. The van der Waals surface area contributed by atoms with E-state index in [4.69, 9.17) is 0 Å². The van der Waals surface area contributed by atoms with Gasteiger partial charge in [0, 0.05) is 38.8 Å². The summed E-state index contributed by atoms with van der Waals surface area (Å²) in [6, 6.07) is 7.22. The van der Waals surface area contributed by atoms with Gasteiger partial charge in [-0.3, -0.25) is 9.69 Å². The average molecular weight is 423 g/mol. The number of likely N-dealkylation sites (tertiary alicyclic amines) is 1. The van der Waals surface area contributed by atoms with E-state index in [-0.39, 0.29) is 23.4 Å². The number of carbonyl (C=O) groups excluding carboxylic acids is 1. The Morgan fingerprint density at radius 3 is 2.45 bits per heavy atom. The lowest BCUT2D eigenvalue weighted by atomic mass is 10.2. The standard InChI is InChI=1S/C21H34N4O3S/c1-3-18-7-9-20(10-8-18)29(27,28)25(16-19-6-5-13-23(19)4-2)17-21(26)24-14-11-22-12-15-24/h7-10,19,22H,3-6,11-17H2,1-2H3/t19-/m0/s1. The van der Waals surface area contributed by atoms with Gasteiger partial charge in [-0.25, -0.2) is 8.42 Å². The number of rotatable bonds is 8. The summed E-state index contributed by atoms with van der Waals surface area (Å²) in [6.07, 6.45) is 2.90. The molecule has 1 aromatic carbocycles. The van der Waals surface area contributed by atoms with Gasteiger partial charge in [0.2, 0.25) is 15.9 Å². The van der Waals surface area contributed by atoms with Crippen LogP contribution in [0.1, 0.15) is 32.3 Å². The van der Waals surface area contributed by atoms with E-state index in [9.17, 15) is 13.2 Å². The van der Waals surface area contributed by atoms with E-state index >= 15 is 0 Å². The molecule has 2 aliphatic heterocycles. The summed E-state index contributed by atoms with van der Waals surface area (Å²) in [4.78, 5) is 17.2. The van der Waals surface area contributed by atoms with E-state index in [1.807, 2.05) is 19.1 Å². The molecule has 3 rings (SSSR count). The predicted octanol–water partition coefficient (Wildman–Crippen LogP) is 1.16. The first kappa shape index (κ1) is 22.2. The molecular weight excluding hydrogens is 388 g/mol. The second kappa shape index (κ2) is 10.0. The van der Waals surface area contributed by atoms with E-state index in [0.717, 1.165) is 51.0 Å². The van der Waals surface area contributed by atoms with Crippen LogP contribution in [0, 0.1) is 0 Å². The molecule has 7 nitrogen and oxygen atoms in total. The summed E-state index contributed by atoms with van der Waals surface area (Å²) in [5, 5.41) is 3.23. The molecule has 0 aromatic heterocycles. The summed E-state index contributed by atoms with van der Waals surface area (Å²) in [5.41, 5.74) is 1.10. The van der Waals surface area contributed by atoms with E-state index in [1.54, 1.807) is 17.0 Å². The summed E-state index contributed by atoms with van der Waals surface area (Å²) < 4.78 is 28.3. The van der Waals surface area contributed by atoms with Crippen LogP contribution in [0.4, 0.5) is 0 Å². The molecule has 8 heteroatoms. The molecule has 2 aliphatic rings. The highest BCUT2D eigenvalue weighted by molar-refractivity contribution is 7.89. The maximum atomic E-state index is 13.5. The number of aryl methyl sites for hydroxylation is 1. The molecule has 2 saturated heterocycles. The van der Waals surface area contributed by atoms with Crippen molar-refractivity contribution in [3.63, 3.8) is 0 Å². The van der Waals surface area contributed by atoms with Gasteiger partial charge in [0.05, 0.1) is 11.4 Å². The van der Waals surface area contributed by atoms with E-state index in [1.165, 1.54) is 4.31 Å². The predicted molar refractivity (Wildman–Crippen MR) is 114 cm³/mol. The van der Waals surface area contributed by atoms with E-state index < -0.39 is 10.0 Å². The Kier molecular flexibility index (Phi) is 7.67. The van der Waals surface area contributed by atoms with Gasteiger partial charge in [-0.1, -0.05) is 26.0 Å². The highest BCUT2D eigenvalue weighted by Crippen LogP contribution is 2.23. The molecule has 1 N–H and O–H groups in total. The van der Waals surface area contributed by atoms with Crippen LogP contribution in [0.5, 0.6) is 0 Å². The van der Waals surface area contributed by atoms with Crippen molar-refractivity contribution in [2.45, 2.75) is 44.0 Å². The topological polar surface area (TPSA) is 73.0 Å². The largest absolute Gasteiger partial charge is 0.339 e. The molecule has 1 atom stereocenters. The molecule has 0 saturated carbocycles. The number of nitrogens with zero attached hydrogens (tertiary/aromatic N) is 3. The Morgan fingerprint density at radius 1 is 1.14 bits per heavy atom. The molecule has 29 heavy (non-hydrogen) atoms. The van der Waals surface area contributed by atoms with E-state index in [0.29, 0.717) is 19.6 Å². The Bertz CT molecular complexity index is 776. The van der Waals surface area contributed by atoms with Crippen LogP contribution in [-0.4, -0.2) is 86.8 Å². The molecule has 2 fully saturated rings. The zero-order chi connectivity index (χ0) is 20.9.